The average Bonchev–Trinajstić information content (AvgIpc) is 3.72. The first-order valence-electron chi connectivity index (χ1n) is 17.8. The molecule has 1 unspecified atom stereocenters. The smallest absolute Gasteiger partial charge is 0.352 e. The second kappa shape index (κ2) is 13.9. The molecule has 0 aliphatic carbocycles. The van der Waals surface area contributed by atoms with Gasteiger partial charge in [0.2, 0.25) is 0 Å². The number of amides is 1. The summed E-state index contributed by atoms with van der Waals surface area (Å²) in [5.74, 6) is -0.548. The van der Waals surface area contributed by atoms with Crippen molar-refractivity contribution in [3.05, 3.63) is 97.5 Å². The van der Waals surface area contributed by atoms with Gasteiger partial charge in [0.05, 0.1) is 40.7 Å². The van der Waals surface area contributed by atoms with Crippen molar-refractivity contribution in [2.45, 2.75) is 67.0 Å². The number of carbonyl (C=O) groups excluding carboxylic acids is 1. The minimum atomic E-state index is -1.10. The van der Waals surface area contributed by atoms with Gasteiger partial charge in [-0.15, -0.1) is 0 Å². The second-order valence-corrected chi connectivity index (χ2v) is 15.0. The standard InChI is InChI=1S/C41H43Cl2N5O5/c1-21-15-27-19-33(41(51)52)46(12-13-49)37(27)32(16-21)47-20-24(4)48-38-30(10-11-31(42)35(38)34-25(5)44-45(7)26(34)6)29(39(48)40(47)50)9-8-14-53-28-17-22(2)36(43)23(3)18-28/h10-11,15-19,24,49H,8-9,12-14,20H2,1-7H3,(H,51,52). The number of aliphatic hydroxyl groups excluding tert-OH is 1. The van der Waals surface area contributed by atoms with E-state index in [1.807, 2.05) is 82.7 Å². The highest BCUT2D eigenvalue weighted by Crippen LogP contribution is 2.46. The van der Waals surface area contributed by atoms with Gasteiger partial charge in [-0.1, -0.05) is 29.3 Å². The van der Waals surface area contributed by atoms with E-state index in [4.69, 9.17) is 33.0 Å². The van der Waals surface area contributed by atoms with E-state index < -0.39 is 5.97 Å². The third-order valence-corrected chi connectivity index (χ3v) is 11.4. The SMILES string of the molecule is Cc1cc(N2CC(C)n3c(c(CCCOc4cc(C)c(Cl)c(C)c4)c4ccc(Cl)c(-c5c(C)nn(C)c5C)c43)C2=O)c2c(c1)cc(C(=O)O)n2CCO. The predicted molar refractivity (Wildman–Crippen MR) is 210 cm³/mol. The number of carboxylic acid groups (broad SMARTS) is 1. The van der Waals surface area contributed by atoms with Gasteiger partial charge in [0.1, 0.15) is 17.1 Å². The maximum absolute atomic E-state index is 15.2. The highest BCUT2D eigenvalue weighted by molar-refractivity contribution is 6.35. The second-order valence-electron chi connectivity index (χ2n) is 14.2. The molecular formula is C41H43Cl2N5O5. The van der Waals surface area contributed by atoms with E-state index in [0.29, 0.717) is 53.3 Å². The van der Waals surface area contributed by atoms with Crippen molar-refractivity contribution >= 4 is 62.6 Å². The molecule has 1 amide bonds. The molecule has 1 aliphatic heterocycles. The fourth-order valence-electron chi connectivity index (χ4n) is 8.19. The van der Waals surface area contributed by atoms with Crippen molar-refractivity contribution in [1.29, 1.82) is 0 Å². The number of rotatable bonds is 10. The van der Waals surface area contributed by atoms with Crippen molar-refractivity contribution in [3.63, 3.8) is 0 Å². The number of aromatic carboxylic acids is 1. The van der Waals surface area contributed by atoms with Crippen LogP contribution in [0.1, 0.15) is 74.0 Å². The lowest BCUT2D eigenvalue weighted by Crippen LogP contribution is -2.43. The number of anilines is 1. The van der Waals surface area contributed by atoms with Crippen LogP contribution in [0.3, 0.4) is 0 Å². The van der Waals surface area contributed by atoms with Crippen LogP contribution in [-0.4, -0.2) is 60.8 Å². The maximum Gasteiger partial charge on any atom is 0.352 e. The first-order valence-corrected chi connectivity index (χ1v) is 18.5. The molecule has 0 saturated heterocycles. The largest absolute Gasteiger partial charge is 0.494 e. The van der Waals surface area contributed by atoms with E-state index in [1.165, 1.54) is 0 Å². The van der Waals surface area contributed by atoms with Gasteiger partial charge in [-0.3, -0.25) is 9.48 Å². The quantitative estimate of drug-likeness (QED) is 0.135. The first-order chi connectivity index (χ1) is 25.2. The zero-order valence-corrected chi connectivity index (χ0v) is 32.5. The molecule has 12 heteroatoms. The van der Waals surface area contributed by atoms with Crippen LogP contribution in [0, 0.1) is 34.6 Å². The van der Waals surface area contributed by atoms with Crippen LogP contribution >= 0.6 is 23.2 Å². The Balaban J connectivity index is 1.41. The Labute approximate surface area is 318 Å². The topological polar surface area (TPSA) is 115 Å². The normalized spacial score (nSPS) is 14.5. The Bertz CT molecular complexity index is 2450. The molecule has 0 bridgehead atoms. The molecule has 2 N–H and O–H groups in total. The van der Waals surface area contributed by atoms with Crippen molar-refractivity contribution < 1.29 is 24.5 Å². The summed E-state index contributed by atoms with van der Waals surface area (Å²) >= 11 is 13.5. The van der Waals surface area contributed by atoms with E-state index in [2.05, 4.69) is 11.5 Å². The number of aliphatic hydroxyl groups is 1. The number of aryl methyl sites for hydroxylation is 6. The van der Waals surface area contributed by atoms with Gasteiger partial charge in [-0.25, -0.2) is 4.79 Å². The number of carboxylic acids is 1. The number of fused-ring (bicyclic) bond motifs is 4. The van der Waals surface area contributed by atoms with Gasteiger partial charge in [-0.2, -0.15) is 5.10 Å². The summed E-state index contributed by atoms with van der Waals surface area (Å²) in [5, 5.41) is 27.7. The monoisotopic (exact) mass is 755 g/mol. The fraction of sp³-hybridized carbons (Fsp3) is 0.341. The number of aromatic nitrogens is 4. The van der Waals surface area contributed by atoms with Crippen LogP contribution < -0.4 is 9.64 Å². The van der Waals surface area contributed by atoms with E-state index in [9.17, 15) is 15.0 Å². The first kappa shape index (κ1) is 36.6. The molecule has 53 heavy (non-hydrogen) atoms. The zero-order chi connectivity index (χ0) is 38.0. The summed E-state index contributed by atoms with van der Waals surface area (Å²) < 4.78 is 11.8. The van der Waals surface area contributed by atoms with Crippen LogP contribution in [0.4, 0.5) is 5.69 Å². The van der Waals surface area contributed by atoms with Crippen LogP contribution in [0.25, 0.3) is 32.9 Å². The van der Waals surface area contributed by atoms with E-state index in [-0.39, 0.29) is 30.8 Å². The third kappa shape index (κ3) is 6.06. The van der Waals surface area contributed by atoms with Crippen molar-refractivity contribution in [3.8, 4) is 16.9 Å². The van der Waals surface area contributed by atoms with Gasteiger partial charge in [-0.05, 0) is 113 Å². The fourth-order valence-corrected chi connectivity index (χ4v) is 8.55. The van der Waals surface area contributed by atoms with Gasteiger partial charge in [0.25, 0.3) is 5.91 Å². The molecule has 7 rings (SSSR count). The van der Waals surface area contributed by atoms with Crippen molar-refractivity contribution in [2.24, 2.45) is 7.05 Å². The average molecular weight is 757 g/mol. The minimum absolute atomic E-state index is 0.0563. The van der Waals surface area contributed by atoms with Crippen molar-refractivity contribution in [2.75, 3.05) is 24.7 Å². The molecule has 0 fully saturated rings. The molecule has 10 nitrogen and oxygen atoms in total. The molecule has 1 atom stereocenters. The van der Waals surface area contributed by atoms with Gasteiger partial charge >= 0.3 is 5.97 Å². The summed E-state index contributed by atoms with van der Waals surface area (Å²) in [6.07, 6.45) is 1.18. The predicted octanol–water partition coefficient (Wildman–Crippen LogP) is 8.77. The van der Waals surface area contributed by atoms with Crippen molar-refractivity contribution in [1.82, 2.24) is 18.9 Å². The number of halogens is 2. The number of nitrogens with zero attached hydrogens (tertiary/aromatic N) is 5. The Hall–Kier alpha value is -4.77. The van der Waals surface area contributed by atoms with E-state index >= 15 is 4.79 Å². The molecule has 276 valence electrons. The molecule has 1 aliphatic rings. The lowest BCUT2D eigenvalue weighted by Gasteiger charge is -2.35. The Morgan fingerprint density at radius 1 is 1.00 bits per heavy atom. The lowest BCUT2D eigenvalue weighted by molar-refractivity contribution is 0.0684. The van der Waals surface area contributed by atoms with Crippen LogP contribution in [0.15, 0.2) is 42.5 Å². The molecule has 3 aromatic heterocycles. The van der Waals surface area contributed by atoms with Gasteiger partial charge in [0, 0.05) is 58.8 Å². The summed E-state index contributed by atoms with van der Waals surface area (Å²) in [5.41, 5.74) is 9.99. The van der Waals surface area contributed by atoms with Gasteiger partial charge < -0.3 is 29.0 Å². The Morgan fingerprint density at radius 3 is 2.36 bits per heavy atom. The maximum atomic E-state index is 15.2. The molecule has 4 heterocycles. The molecule has 0 saturated carbocycles. The zero-order valence-electron chi connectivity index (χ0n) is 31.0. The Morgan fingerprint density at radius 2 is 1.72 bits per heavy atom. The number of hydrogen-bond donors (Lipinski definition) is 2. The highest BCUT2D eigenvalue weighted by atomic mass is 35.5. The number of benzene rings is 3. The van der Waals surface area contributed by atoms with Crippen LogP contribution in [0.2, 0.25) is 10.0 Å². The summed E-state index contributed by atoms with van der Waals surface area (Å²) in [4.78, 5) is 29.3. The number of hydrogen-bond acceptors (Lipinski definition) is 5. The van der Waals surface area contributed by atoms with E-state index in [1.54, 1.807) is 15.5 Å². The minimum Gasteiger partial charge on any atom is -0.494 e. The molecule has 0 radical (unpaired) electrons. The third-order valence-electron chi connectivity index (χ3n) is 10.5. The lowest BCUT2D eigenvalue weighted by atomic mass is 9.98. The molecule has 0 spiro atoms. The number of ether oxygens (including phenoxy) is 1. The number of carbonyl (C=O) groups is 2. The summed E-state index contributed by atoms with van der Waals surface area (Å²) in [6.45, 7) is 12.5. The Kier molecular flexibility index (Phi) is 9.59. The summed E-state index contributed by atoms with van der Waals surface area (Å²) in [7, 11) is 1.91. The van der Waals surface area contributed by atoms with E-state index in [0.717, 1.165) is 66.4 Å². The van der Waals surface area contributed by atoms with Crippen LogP contribution in [-0.2, 0) is 20.0 Å². The van der Waals surface area contributed by atoms with Gasteiger partial charge in [0.15, 0.2) is 0 Å². The molecule has 6 aromatic rings. The van der Waals surface area contributed by atoms with Crippen LogP contribution in [0.5, 0.6) is 5.75 Å². The molecule has 3 aromatic carbocycles. The summed E-state index contributed by atoms with van der Waals surface area (Å²) in [6, 6.07) is 13.0. The highest BCUT2D eigenvalue weighted by Gasteiger charge is 2.38. The molecular weight excluding hydrogens is 713 g/mol.